The van der Waals surface area contributed by atoms with E-state index in [1.807, 2.05) is 45.0 Å². The zero-order chi connectivity index (χ0) is 24.4. The maximum atomic E-state index is 12.8. The third kappa shape index (κ3) is 4.79. The lowest BCUT2D eigenvalue weighted by molar-refractivity contribution is -0.142. The second-order valence-electron chi connectivity index (χ2n) is 9.75. The van der Waals surface area contributed by atoms with Crippen molar-refractivity contribution in [2.75, 3.05) is 19.7 Å². The molecular weight excluding hydrogens is 432 g/mol. The molecular formula is C27H32N2O5. The number of aliphatic carboxylic acids is 1. The summed E-state index contributed by atoms with van der Waals surface area (Å²) in [6.45, 7) is 6.57. The molecule has 2 aromatic carbocycles. The van der Waals surface area contributed by atoms with Gasteiger partial charge >= 0.3 is 12.1 Å². The van der Waals surface area contributed by atoms with Gasteiger partial charge in [-0.3, -0.25) is 9.59 Å². The number of benzene rings is 2. The summed E-state index contributed by atoms with van der Waals surface area (Å²) in [7, 11) is 0. The maximum absolute atomic E-state index is 12.8. The summed E-state index contributed by atoms with van der Waals surface area (Å²) in [5, 5.41) is 12.2. The van der Waals surface area contributed by atoms with Crippen LogP contribution in [0.5, 0.6) is 0 Å². The minimum Gasteiger partial charge on any atom is -0.481 e. The molecule has 2 N–H and O–H groups in total. The number of hydrogen-bond donors (Lipinski definition) is 2. The molecule has 7 heteroatoms. The van der Waals surface area contributed by atoms with Gasteiger partial charge in [0.1, 0.15) is 6.61 Å². The molecule has 0 spiro atoms. The fourth-order valence-corrected chi connectivity index (χ4v) is 5.05. The molecule has 1 aliphatic carbocycles. The quantitative estimate of drug-likeness (QED) is 0.643. The van der Waals surface area contributed by atoms with Crippen molar-refractivity contribution in [3.8, 4) is 11.1 Å². The summed E-state index contributed by atoms with van der Waals surface area (Å²) in [5.41, 5.74) is 4.61. The number of fused-ring (bicyclic) bond motifs is 3. The number of carbonyl (C=O) groups excluding carboxylic acids is 2. The number of alkyl carbamates (subject to hydrolysis) is 1. The van der Waals surface area contributed by atoms with Crippen molar-refractivity contribution in [2.24, 2.45) is 17.8 Å². The molecule has 1 aliphatic heterocycles. The summed E-state index contributed by atoms with van der Waals surface area (Å²) in [4.78, 5) is 38.5. The van der Waals surface area contributed by atoms with E-state index in [0.717, 1.165) is 22.3 Å². The maximum Gasteiger partial charge on any atom is 0.407 e. The molecule has 7 nitrogen and oxygen atoms in total. The predicted molar refractivity (Wildman–Crippen MR) is 128 cm³/mol. The minimum atomic E-state index is -0.875. The van der Waals surface area contributed by atoms with Gasteiger partial charge < -0.3 is 20.1 Å². The number of likely N-dealkylation sites (tertiary alicyclic amines) is 1. The van der Waals surface area contributed by atoms with E-state index in [1.54, 1.807) is 4.90 Å². The van der Waals surface area contributed by atoms with Crippen LogP contribution in [0.3, 0.4) is 0 Å². The monoisotopic (exact) mass is 464 g/mol. The number of rotatable bonds is 7. The Morgan fingerprint density at radius 3 is 2.15 bits per heavy atom. The normalized spacial score (nSPS) is 20.1. The van der Waals surface area contributed by atoms with Crippen LogP contribution in [0.4, 0.5) is 4.79 Å². The van der Waals surface area contributed by atoms with Crippen molar-refractivity contribution in [1.82, 2.24) is 10.2 Å². The molecule has 0 aromatic heterocycles. The van der Waals surface area contributed by atoms with Gasteiger partial charge in [-0.15, -0.1) is 0 Å². The summed E-state index contributed by atoms with van der Waals surface area (Å²) in [5.74, 6) is -1.67. The first-order valence-electron chi connectivity index (χ1n) is 11.9. The molecule has 2 aliphatic rings. The van der Waals surface area contributed by atoms with E-state index >= 15 is 0 Å². The molecule has 0 unspecified atom stereocenters. The van der Waals surface area contributed by atoms with Crippen molar-refractivity contribution >= 4 is 18.0 Å². The van der Waals surface area contributed by atoms with Gasteiger partial charge in [-0.25, -0.2) is 4.79 Å². The molecule has 0 saturated carbocycles. The molecule has 4 rings (SSSR count). The number of ether oxygens (including phenoxy) is 1. The SMILES string of the molecule is CC(C)[C@H](CC(=O)N1C[C@@H](C)[C@H](C(=O)O)C1)NC(=O)OCC1c2ccccc2-c2ccccc21. The van der Waals surface area contributed by atoms with Crippen molar-refractivity contribution < 1.29 is 24.2 Å². The number of carbonyl (C=O) groups is 3. The molecule has 1 fully saturated rings. The van der Waals surface area contributed by atoms with E-state index in [4.69, 9.17) is 4.74 Å². The number of nitrogens with zero attached hydrogens (tertiary/aromatic N) is 1. The zero-order valence-corrected chi connectivity index (χ0v) is 19.9. The Labute approximate surface area is 200 Å². The van der Waals surface area contributed by atoms with Crippen LogP contribution in [0.25, 0.3) is 11.1 Å². The molecule has 0 radical (unpaired) electrons. The highest BCUT2D eigenvalue weighted by atomic mass is 16.5. The van der Waals surface area contributed by atoms with Gasteiger partial charge in [-0.05, 0) is 34.1 Å². The zero-order valence-electron chi connectivity index (χ0n) is 19.9. The van der Waals surface area contributed by atoms with Gasteiger partial charge in [-0.2, -0.15) is 0 Å². The fraction of sp³-hybridized carbons (Fsp3) is 0.444. The van der Waals surface area contributed by atoms with E-state index < -0.39 is 24.0 Å². The first-order valence-corrected chi connectivity index (χ1v) is 11.9. The minimum absolute atomic E-state index is 0.0136. The molecule has 3 atom stereocenters. The standard InChI is InChI=1S/C27H32N2O5/c1-16(2)24(12-25(30)29-13-17(3)22(14-29)26(31)32)28-27(33)34-15-23-20-10-6-4-8-18(20)19-9-5-7-11-21(19)23/h4-11,16-17,22-24H,12-15H2,1-3H3,(H,28,33)(H,31,32)/t17-,22-,24+/m1/s1. The third-order valence-corrected chi connectivity index (χ3v) is 7.13. The lowest BCUT2D eigenvalue weighted by atomic mass is 9.98. The van der Waals surface area contributed by atoms with E-state index in [2.05, 4.69) is 29.6 Å². The lowest BCUT2D eigenvalue weighted by Crippen LogP contribution is -2.43. The third-order valence-electron chi connectivity index (χ3n) is 7.13. The highest BCUT2D eigenvalue weighted by molar-refractivity contribution is 5.81. The Kier molecular flexibility index (Phi) is 6.91. The van der Waals surface area contributed by atoms with Crippen LogP contribution in [-0.4, -0.2) is 53.7 Å². The summed E-state index contributed by atoms with van der Waals surface area (Å²) >= 11 is 0. The Morgan fingerprint density at radius 1 is 1.03 bits per heavy atom. The summed E-state index contributed by atoms with van der Waals surface area (Å²) < 4.78 is 5.64. The lowest BCUT2D eigenvalue weighted by Gasteiger charge is -2.25. The molecule has 34 heavy (non-hydrogen) atoms. The average molecular weight is 465 g/mol. The van der Waals surface area contributed by atoms with Crippen LogP contribution < -0.4 is 5.32 Å². The van der Waals surface area contributed by atoms with E-state index in [1.165, 1.54) is 0 Å². The second kappa shape index (κ2) is 9.87. The Balaban J connectivity index is 1.36. The van der Waals surface area contributed by atoms with Gasteiger partial charge in [0.25, 0.3) is 0 Å². The molecule has 180 valence electrons. The smallest absolute Gasteiger partial charge is 0.407 e. The Bertz CT molecular complexity index is 1040. The van der Waals surface area contributed by atoms with Gasteiger partial charge in [0.15, 0.2) is 0 Å². The van der Waals surface area contributed by atoms with Crippen LogP contribution >= 0.6 is 0 Å². The molecule has 0 bridgehead atoms. The number of amides is 2. The van der Waals surface area contributed by atoms with Crippen molar-refractivity contribution in [1.29, 1.82) is 0 Å². The van der Waals surface area contributed by atoms with Crippen LogP contribution in [0.2, 0.25) is 0 Å². The first-order chi connectivity index (χ1) is 16.3. The topological polar surface area (TPSA) is 95.9 Å². The largest absolute Gasteiger partial charge is 0.481 e. The summed E-state index contributed by atoms with van der Waals surface area (Å²) in [6, 6.07) is 15.9. The number of nitrogens with one attached hydrogen (secondary N) is 1. The highest BCUT2D eigenvalue weighted by Gasteiger charge is 2.38. The second-order valence-corrected chi connectivity index (χ2v) is 9.75. The Hall–Kier alpha value is -3.35. The number of carboxylic acids is 1. The average Bonchev–Trinajstić information content (AvgIpc) is 3.35. The van der Waals surface area contributed by atoms with Gasteiger partial charge in [0, 0.05) is 31.5 Å². The van der Waals surface area contributed by atoms with E-state index in [0.29, 0.717) is 6.54 Å². The molecule has 1 heterocycles. The van der Waals surface area contributed by atoms with Crippen LogP contribution in [0.1, 0.15) is 44.2 Å². The van der Waals surface area contributed by atoms with Crippen molar-refractivity contribution in [2.45, 2.75) is 39.2 Å². The van der Waals surface area contributed by atoms with E-state index in [9.17, 15) is 19.5 Å². The molecule has 1 saturated heterocycles. The Morgan fingerprint density at radius 2 is 1.62 bits per heavy atom. The van der Waals surface area contributed by atoms with Gasteiger partial charge in [0.05, 0.1) is 5.92 Å². The van der Waals surface area contributed by atoms with Crippen molar-refractivity contribution in [3.63, 3.8) is 0 Å². The van der Waals surface area contributed by atoms with Gasteiger partial charge in [0.2, 0.25) is 5.91 Å². The van der Waals surface area contributed by atoms with E-state index in [-0.39, 0.29) is 43.2 Å². The van der Waals surface area contributed by atoms with Crippen LogP contribution in [-0.2, 0) is 14.3 Å². The number of carboxylic acid groups (broad SMARTS) is 1. The predicted octanol–water partition coefficient (Wildman–Crippen LogP) is 4.12. The van der Waals surface area contributed by atoms with Crippen molar-refractivity contribution in [3.05, 3.63) is 59.7 Å². The van der Waals surface area contributed by atoms with Gasteiger partial charge in [-0.1, -0.05) is 69.3 Å². The fourth-order valence-electron chi connectivity index (χ4n) is 5.05. The number of hydrogen-bond acceptors (Lipinski definition) is 4. The highest BCUT2D eigenvalue weighted by Crippen LogP contribution is 2.44. The van der Waals surface area contributed by atoms with Crippen LogP contribution in [0, 0.1) is 17.8 Å². The van der Waals surface area contributed by atoms with Crippen LogP contribution in [0.15, 0.2) is 48.5 Å². The summed E-state index contributed by atoms with van der Waals surface area (Å²) in [6.07, 6.45) is -0.437. The molecule has 2 amide bonds. The molecule has 2 aromatic rings. The first kappa shape index (κ1) is 23.8.